The van der Waals surface area contributed by atoms with Crippen molar-refractivity contribution in [2.24, 2.45) is 5.92 Å². The molecule has 0 atom stereocenters. The second-order valence-corrected chi connectivity index (χ2v) is 5.29. The molecular weight excluding hydrogens is 266 g/mol. The summed E-state index contributed by atoms with van der Waals surface area (Å²) in [5.41, 5.74) is 0.572. The molecule has 4 nitrogen and oxygen atoms in total. The molecule has 0 aliphatic heterocycles. The third-order valence-corrected chi connectivity index (χ3v) is 3.80. The highest BCUT2D eigenvalue weighted by Gasteiger charge is 2.18. The minimum atomic E-state index is -1.08. The van der Waals surface area contributed by atoms with Gasteiger partial charge in [-0.3, -0.25) is 4.79 Å². The molecule has 102 valence electrons. The predicted octanol–water partition coefficient (Wildman–Crippen LogP) is 3.56. The molecule has 1 amide bonds. The van der Waals surface area contributed by atoms with Gasteiger partial charge in [0.05, 0.1) is 10.6 Å². The highest BCUT2D eigenvalue weighted by molar-refractivity contribution is 6.33. The molecule has 2 N–H and O–H groups in total. The third kappa shape index (κ3) is 3.70. The van der Waals surface area contributed by atoms with E-state index in [2.05, 4.69) is 5.32 Å². The molecule has 0 heterocycles. The van der Waals surface area contributed by atoms with E-state index in [4.69, 9.17) is 16.7 Å². The lowest BCUT2D eigenvalue weighted by Crippen LogP contribution is -2.17. The number of amides is 1. The van der Waals surface area contributed by atoms with Gasteiger partial charge in [-0.1, -0.05) is 30.9 Å². The average molecular weight is 282 g/mol. The zero-order valence-electron chi connectivity index (χ0n) is 10.5. The van der Waals surface area contributed by atoms with Gasteiger partial charge in [0, 0.05) is 12.1 Å². The number of halogens is 1. The van der Waals surface area contributed by atoms with Crippen molar-refractivity contribution in [1.29, 1.82) is 0 Å². The fourth-order valence-corrected chi connectivity index (χ4v) is 2.37. The third-order valence-electron chi connectivity index (χ3n) is 3.49. The Kier molecular flexibility index (Phi) is 4.43. The Hall–Kier alpha value is -1.55. The van der Waals surface area contributed by atoms with E-state index in [0.29, 0.717) is 18.0 Å². The van der Waals surface area contributed by atoms with Gasteiger partial charge in [-0.2, -0.15) is 0 Å². The zero-order valence-corrected chi connectivity index (χ0v) is 11.2. The van der Waals surface area contributed by atoms with E-state index in [9.17, 15) is 9.59 Å². The van der Waals surface area contributed by atoms with Crippen LogP contribution in [0.3, 0.4) is 0 Å². The van der Waals surface area contributed by atoms with E-state index >= 15 is 0 Å². The van der Waals surface area contributed by atoms with Crippen LogP contribution in [0.4, 0.5) is 5.69 Å². The van der Waals surface area contributed by atoms with Gasteiger partial charge in [-0.25, -0.2) is 4.79 Å². The molecule has 0 unspecified atom stereocenters. The Balaban J connectivity index is 1.89. The first kappa shape index (κ1) is 13.9. The molecule has 19 heavy (non-hydrogen) atoms. The second-order valence-electron chi connectivity index (χ2n) is 4.88. The number of carbonyl (C=O) groups is 2. The maximum atomic E-state index is 11.7. The average Bonchev–Trinajstić information content (AvgIpc) is 2.26. The van der Waals surface area contributed by atoms with Crippen LogP contribution in [0.15, 0.2) is 18.2 Å². The van der Waals surface area contributed by atoms with Crippen LogP contribution in [0.1, 0.15) is 42.5 Å². The number of carboxylic acid groups (broad SMARTS) is 1. The first-order chi connectivity index (χ1) is 9.06. The number of hydrogen-bond acceptors (Lipinski definition) is 2. The molecule has 0 radical (unpaired) electrons. The van der Waals surface area contributed by atoms with Gasteiger partial charge < -0.3 is 10.4 Å². The van der Waals surface area contributed by atoms with Gasteiger partial charge in [0.2, 0.25) is 5.91 Å². The molecule has 1 aliphatic carbocycles. The number of aromatic carboxylic acids is 1. The largest absolute Gasteiger partial charge is 0.478 e. The van der Waals surface area contributed by atoms with Gasteiger partial charge in [0.15, 0.2) is 0 Å². The number of benzene rings is 1. The van der Waals surface area contributed by atoms with E-state index in [-0.39, 0.29) is 16.5 Å². The number of anilines is 1. The Morgan fingerprint density at radius 3 is 2.63 bits per heavy atom. The fraction of sp³-hybridized carbons (Fsp3) is 0.429. The summed E-state index contributed by atoms with van der Waals surface area (Å²) in [6, 6.07) is 4.41. The number of rotatable bonds is 5. The normalized spacial score (nSPS) is 14.8. The van der Waals surface area contributed by atoms with Crippen molar-refractivity contribution in [3.63, 3.8) is 0 Å². The summed E-state index contributed by atoms with van der Waals surface area (Å²) in [7, 11) is 0. The minimum Gasteiger partial charge on any atom is -0.478 e. The van der Waals surface area contributed by atoms with Crippen molar-refractivity contribution in [2.75, 3.05) is 5.32 Å². The van der Waals surface area contributed by atoms with Crippen molar-refractivity contribution in [3.8, 4) is 0 Å². The second kappa shape index (κ2) is 6.06. The summed E-state index contributed by atoms with van der Waals surface area (Å²) in [5, 5.41) is 11.7. The molecule has 0 bridgehead atoms. The van der Waals surface area contributed by atoms with Gasteiger partial charge >= 0.3 is 5.97 Å². The number of carboxylic acids is 1. The molecule has 1 fully saturated rings. The van der Waals surface area contributed by atoms with Crippen LogP contribution in [0.2, 0.25) is 5.02 Å². The molecule has 0 saturated heterocycles. The zero-order chi connectivity index (χ0) is 13.8. The topological polar surface area (TPSA) is 66.4 Å². The molecule has 0 spiro atoms. The summed E-state index contributed by atoms with van der Waals surface area (Å²) in [6.45, 7) is 0. The minimum absolute atomic E-state index is 0.0362. The summed E-state index contributed by atoms with van der Waals surface area (Å²) in [4.78, 5) is 22.5. The summed E-state index contributed by atoms with van der Waals surface area (Å²) in [5.74, 6) is -0.428. The molecule has 1 aromatic rings. The summed E-state index contributed by atoms with van der Waals surface area (Å²) >= 11 is 5.83. The fourth-order valence-electron chi connectivity index (χ4n) is 2.11. The van der Waals surface area contributed by atoms with E-state index in [1.165, 1.54) is 31.4 Å². The van der Waals surface area contributed by atoms with Crippen LogP contribution >= 0.6 is 11.6 Å². The van der Waals surface area contributed by atoms with Gasteiger partial charge in [-0.05, 0) is 30.5 Å². The highest BCUT2D eigenvalue weighted by Crippen LogP contribution is 2.30. The quantitative estimate of drug-likeness (QED) is 0.867. The molecular formula is C14H16ClNO3. The number of carbonyl (C=O) groups excluding carboxylic acids is 1. The summed E-state index contributed by atoms with van der Waals surface area (Å²) in [6.07, 6.45) is 5.16. The van der Waals surface area contributed by atoms with E-state index in [0.717, 1.165) is 6.42 Å². The van der Waals surface area contributed by atoms with Crippen LogP contribution in [-0.4, -0.2) is 17.0 Å². The maximum Gasteiger partial charge on any atom is 0.337 e. The first-order valence-corrected chi connectivity index (χ1v) is 6.77. The molecule has 0 aromatic heterocycles. The van der Waals surface area contributed by atoms with Crippen LogP contribution in [0.5, 0.6) is 0 Å². The van der Waals surface area contributed by atoms with Crippen molar-refractivity contribution in [2.45, 2.75) is 32.1 Å². The Morgan fingerprint density at radius 1 is 1.37 bits per heavy atom. The van der Waals surface area contributed by atoms with Gasteiger partial charge in [0.1, 0.15) is 0 Å². The summed E-state index contributed by atoms with van der Waals surface area (Å²) < 4.78 is 0. The van der Waals surface area contributed by atoms with Crippen molar-refractivity contribution in [1.82, 2.24) is 0 Å². The van der Waals surface area contributed by atoms with E-state index in [1.54, 1.807) is 6.07 Å². The smallest absolute Gasteiger partial charge is 0.337 e. The highest BCUT2D eigenvalue weighted by atomic mass is 35.5. The van der Waals surface area contributed by atoms with Crippen LogP contribution < -0.4 is 5.32 Å². The molecule has 1 aromatic carbocycles. The lowest BCUT2D eigenvalue weighted by atomic mass is 9.82. The standard InChI is InChI=1S/C14H16ClNO3/c15-12-8-10(5-6-11(12)14(18)19)16-13(17)7-4-9-2-1-3-9/h5-6,8-9H,1-4,7H2,(H,16,17)(H,18,19). The molecule has 1 aliphatic rings. The Bertz CT molecular complexity index is 497. The molecule has 1 saturated carbocycles. The number of nitrogens with one attached hydrogen (secondary N) is 1. The first-order valence-electron chi connectivity index (χ1n) is 6.39. The van der Waals surface area contributed by atoms with E-state index in [1.807, 2.05) is 0 Å². The van der Waals surface area contributed by atoms with Crippen LogP contribution in [0, 0.1) is 5.92 Å². The lowest BCUT2D eigenvalue weighted by molar-refractivity contribution is -0.116. The van der Waals surface area contributed by atoms with Crippen molar-refractivity contribution in [3.05, 3.63) is 28.8 Å². The van der Waals surface area contributed by atoms with Crippen LogP contribution in [-0.2, 0) is 4.79 Å². The Morgan fingerprint density at radius 2 is 2.11 bits per heavy atom. The predicted molar refractivity (Wildman–Crippen MR) is 73.6 cm³/mol. The van der Waals surface area contributed by atoms with Crippen LogP contribution in [0.25, 0.3) is 0 Å². The monoisotopic (exact) mass is 281 g/mol. The number of hydrogen-bond donors (Lipinski definition) is 2. The lowest BCUT2D eigenvalue weighted by Gasteiger charge is -2.24. The molecule has 2 rings (SSSR count). The van der Waals surface area contributed by atoms with Gasteiger partial charge in [0.25, 0.3) is 0 Å². The Labute approximate surface area is 116 Å². The van der Waals surface area contributed by atoms with Gasteiger partial charge in [-0.15, -0.1) is 0 Å². The van der Waals surface area contributed by atoms with Crippen molar-refractivity contribution < 1.29 is 14.7 Å². The van der Waals surface area contributed by atoms with E-state index < -0.39 is 5.97 Å². The maximum absolute atomic E-state index is 11.7. The van der Waals surface area contributed by atoms with Crippen molar-refractivity contribution >= 4 is 29.2 Å². The molecule has 5 heteroatoms. The SMILES string of the molecule is O=C(CCC1CCC1)Nc1ccc(C(=O)O)c(Cl)c1.